The Bertz CT molecular complexity index is 134. The van der Waals surface area contributed by atoms with Crippen LogP contribution in [0.15, 0.2) is 0 Å². The van der Waals surface area contributed by atoms with Gasteiger partial charge in [0.25, 0.3) is 0 Å². The van der Waals surface area contributed by atoms with Crippen LogP contribution in [-0.4, -0.2) is 19.9 Å². The van der Waals surface area contributed by atoms with Crippen molar-refractivity contribution in [1.82, 2.24) is 0 Å². The van der Waals surface area contributed by atoms with Gasteiger partial charge in [-0.25, -0.2) is 8.42 Å². The van der Waals surface area contributed by atoms with Crippen LogP contribution < -0.4 is 0 Å². The van der Waals surface area contributed by atoms with Gasteiger partial charge < -0.3 is 0 Å². The summed E-state index contributed by atoms with van der Waals surface area (Å²) in [4.78, 5) is 0. The van der Waals surface area contributed by atoms with Crippen molar-refractivity contribution in [2.75, 3.05) is 11.5 Å². The molecule has 9 heavy (non-hydrogen) atoms. The van der Waals surface area contributed by atoms with E-state index in [4.69, 9.17) is 0 Å². The Balaban J connectivity index is 0.000000291. The van der Waals surface area contributed by atoms with Crippen molar-refractivity contribution in [3.63, 3.8) is 0 Å². The molecule has 0 aromatic heterocycles. The predicted molar refractivity (Wildman–Crippen MR) is 39.2 cm³/mol. The molecule has 0 radical (unpaired) electrons. The number of sulfone groups is 1. The second-order valence-corrected chi connectivity index (χ2v) is 4.16. The fourth-order valence-corrected chi connectivity index (χ4v) is 2.24. The zero-order chi connectivity index (χ0) is 7.33. The average molecular weight is 150 g/mol. The first-order valence-corrected chi connectivity index (χ1v) is 5.23. The maximum absolute atomic E-state index is 10.4. The molecule has 0 spiro atoms. The fourth-order valence-electron chi connectivity index (χ4n) is 0.746. The number of hydrogen-bond donors (Lipinski definition) is 0. The summed E-state index contributed by atoms with van der Waals surface area (Å²) >= 11 is 0. The van der Waals surface area contributed by atoms with Crippen LogP contribution in [0.4, 0.5) is 0 Å². The van der Waals surface area contributed by atoms with Crippen LogP contribution in [0.25, 0.3) is 0 Å². The summed E-state index contributed by atoms with van der Waals surface area (Å²) in [5, 5.41) is 0. The van der Waals surface area contributed by atoms with Gasteiger partial charge in [0.15, 0.2) is 0 Å². The van der Waals surface area contributed by atoms with E-state index in [1.807, 2.05) is 13.8 Å². The molecule has 1 heterocycles. The van der Waals surface area contributed by atoms with Gasteiger partial charge in [-0.2, -0.15) is 0 Å². The van der Waals surface area contributed by atoms with Gasteiger partial charge in [0, 0.05) is 0 Å². The lowest BCUT2D eigenvalue weighted by Gasteiger charge is -1.81. The van der Waals surface area contributed by atoms with Gasteiger partial charge >= 0.3 is 0 Å². The Morgan fingerprint density at radius 1 is 1.00 bits per heavy atom. The minimum Gasteiger partial charge on any atom is -0.229 e. The first-order valence-electron chi connectivity index (χ1n) is 3.41. The molecule has 0 aromatic carbocycles. The van der Waals surface area contributed by atoms with Gasteiger partial charge in [-0.05, 0) is 12.8 Å². The van der Waals surface area contributed by atoms with E-state index in [0.717, 1.165) is 12.8 Å². The molecule has 1 saturated heterocycles. The van der Waals surface area contributed by atoms with Gasteiger partial charge in [0.2, 0.25) is 0 Å². The summed E-state index contributed by atoms with van der Waals surface area (Å²) in [5.74, 6) is 0.847. The Morgan fingerprint density at radius 2 is 1.33 bits per heavy atom. The van der Waals surface area contributed by atoms with E-state index < -0.39 is 9.84 Å². The topological polar surface area (TPSA) is 34.1 Å². The third-order valence-electron chi connectivity index (χ3n) is 1.16. The van der Waals surface area contributed by atoms with Crippen molar-refractivity contribution in [1.29, 1.82) is 0 Å². The van der Waals surface area contributed by atoms with E-state index in [2.05, 4.69) is 0 Å². The molecule has 1 aliphatic heterocycles. The van der Waals surface area contributed by atoms with Crippen LogP contribution in [-0.2, 0) is 9.84 Å². The van der Waals surface area contributed by atoms with Crippen molar-refractivity contribution < 1.29 is 8.42 Å². The molecule has 0 aromatic rings. The first kappa shape index (κ1) is 8.95. The molecule has 1 fully saturated rings. The molecular formula is C6H14O2S. The molecule has 56 valence electrons. The largest absolute Gasteiger partial charge is 0.229 e. The standard InChI is InChI=1S/C4H8O2S.C2H6/c5-7(6)3-1-2-4-7;1-2/h1-4H2;1-2H3. The molecule has 0 amide bonds. The van der Waals surface area contributed by atoms with Crippen molar-refractivity contribution in [3.05, 3.63) is 0 Å². The van der Waals surface area contributed by atoms with E-state index in [-0.39, 0.29) is 0 Å². The fraction of sp³-hybridized carbons (Fsp3) is 1.00. The average Bonchev–Trinajstić information content (AvgIpc) is 2.19. The summed E-state index contributed by atoms with van der Waals surface area (Å²) < 4.78 is 20.9. The molecule has 0 N–H and O–H groups in total. The maximum atomic E-state index is 10.4. The Labute approximate surface area is 57.2 Å². The summed E-state index contributed by atoms with van der Waals surface area (Å²) in [6.45, 7) is 4.00. The third kappa shape index (κ3) is 3.51. The lowest BCUT2D eigenvalue weighted by molar-refractivity contribution is 0.602. The molecule has 0 aliphatic carbocycles. The lowest BCUT2D eigenvalue weighted by Crippen LogP contribution is -1.98. The summed E-state index contributed by atoms with van der Waals surface area (Å²) in [7, 11) is -2.55. The van der Waals surface area contributed by atoms with Crippen LogP contribution in [0.5, 0.6) is 0 Å². The normalized spacial score (nSPS) is 22.4. The second-order valence-electron chi connectivity index (χ2n) is 1.86. The second kappa shape index (κ2) is 3.88. The van der Waals surface area contributed by atoms with Gasteiger partial charge in [0.05, 0.1) is 11.5 Å². The first-order chi connectivity index (χ1) is 4.21. The van der Waals surface area contributed by atoms with Gasteiger partial charge in [-0.1, -0.05) is 13.8 Å². The van der Waals surface area contributed by atoms with Crippen molar-refractivity contribution in [2.24, 2.45) is 0 Å². The molecule has 0 saturated carbocycles. The minimum atomic E-state index is -2.55. The molecule has 1 rings (SSSR count). The SMILES string of the molecule is CC.O=S1(=O)CCCC1. The van der Waals surface area contributed by atoms with E-state index in [1.54, 1.807) is 0 Å². The Hall–Kier alpha value is -0.0500. The highest BCUT2D eigenvalue weighted by Gasteiger charge is 2.16. The zero-order valence-electron chi connectivity index (χ0n) is 6.05. The smallest absolute Gasteiger partial charge is 0.150 e. The van der Waals surface area contributed by atoms with E-state index in [0.29, 0.717) is 11.5 Å². The van der Waals surface area contributed by atoms with Crippen molar-refractivity contribution >= 4 is 9.84 Å². The van der Waals surface area contributed by atoms with Crippen LogP contribution in [0.1, 0.15) is 26.7 Å². The van der Waals surface area contributed by atoms with Crippen molar-refractivity contribution in [2.45, 2.75) is 26.7 Å². The predicted octanol–water partition coefficient (Wildman–Crippen LogP) is 1.22. The molecule has 1 aliphatic rings. The van der Waals surface area contributed by atoms with Crippen LogP contribution in [0.2, 0.25) is 0 Å². The highest BCUT2D eigenvalue weighted by molar-refractivity contribution is 7.91. The summed E-state index contributed by atoms with van der Waals surface area (Å²) in [6.07, 6.45) is 1.75. The van der Waals surface area contributed by atoms with Crippen LogP contribution in [0, 0.1) is 0 Å². The molecule has 0 atom stereocenters. The Morgan fingerprint density at radius 3 is 1.44 bits per heavy atom. The molecule has 2 nitrogen and oxygen atoms in total. The molecule has 3 heteroatoms. The zero-order valence-corrected chi connectivity index (χ0v) is 6.87. The van der Waals surface area contributed by atoms with E-state index in [1.165, 1.54) is 0 Å². The van der Waals surface area contributed by atoms with Gasteiger partial charge in [-0.3, -0.25) is 0 Å². The highest BCUT2D eigenvalue weighted by atomic mass is 32.2. The lowest BCUT2D eigenvalue weighted by atomic mass is 10.4. The summed E-state index contributed by atoms with van der Waals surface area (Å²) in [5.41, 5.74) is 0. The minimum absolute atomic E-state index is 0.424. The monoisotopic (exact) mass is 150 g/mol. The van der Waals surface area contributed by atoms with Gasteiger partial charge in [0.1, 0.15) is 9.84 Å². The Kier molecular flexibility index (Phi) is 3.86. The van der Waals surface area contributed by atoms with Crippen LogP contribution in [0.3, 0.4) is 0 Å². The van der Waals surface area contributed by atoms with Crippen LogP contribution >= 0.6 is 0 Å². The molecule has 0 unspecified atom stereocenters. The molecular weight excluding hydrogens is 136 g/mol. The number of rotatable bonds is 0. The van der Waals surface area contributed by atoms with Gasteiger partial charge in [-0.15, -0.1) is 0 Å². The molecule has 0 bridgehead atoms. The quantitative estimate of drug-likeness (QED) is 0.520. The number of hydrogen-bond acceptors (Lipinski definition) is 2. The third-order valence-corrected chi connectivity index (χ3v) is 2.98. The van der Waals surface area contributed by atoms with E-state index >= 15 is 0 Å². The highest BCUT2D eigenvalue weighted by Crippen LogP contribution is 2.08. The maximum Gasteiger partial charge on any atom is 0.150 e. The summed E-state index contributed by atoms with van der Waals surface area (Å²) in [6, 6.07) is 0. The van der Waals surface area contributed by atoms with Crippen molar-refractivity contribution in [3.8, 4) is 0 Å². The van der Waals surface area contributed by atoms with E-state index in [9.17, 15) is 8.42 Å².